The Labute approximate surface area is 176 Å². The Bertz CT molecular complexity index is 930. The van der Waals surface area contributed by atoms with E-state index in [1.807, 2.05) is 28.8 Å². The number of nitrogens with zero attached hydrogens (tertiary/aromatic N) is 4. The number of carbonyl (C=O) groups excluding carboxylic acids is 1. The largest absolute Gasteiger partial charge is 0.348 e. The van der Waals surface area contributed by atoms with E-state index in [0.717, 1.165) is 36.5 Å². The number of hydrogen-bond acceptors (Lipinski definition) is 4. The molecule has 3 aromatic heterocycles. The lowest BCUT2D eigenvalue weighted by Crippen LogP contribution is -2.41. The van der Waals surface area contributed by atoms with Crippen molar-refractivity contribution in [1.29, 1.82) is 0 Å². The third-order valence-corrected chi connectivity index (χ3v) is 6.67. The van der Waals surface area contributed by atoms with Crippen molar-refractivity contribution in [3.05, 3.63) is 54.7 Å². The number of pyridine rings is 1. The number of hydrogen-bond donors (Lipinski definition) is 1. The number of aromatic nitrogens is 4. The molecule has 0 spiro atoms. The van der Waals surface area contributed by atoms with Gasteiger partial charge in [-0.2, -0.15) is 11.8 Å². The minimum atomic E-state index is -0.141. The molecule has 4 rings (SSSR count). The molecule has 0 bridgehead atoms. The van der Waals surface area contributed by atoms with Crippen LogP contribution in [0.5, 0.6) is 0 Å². The zero-order valence-corrected chi connectivity index (χ0v) is 17.8. The molecule has 0 aromatic carbocycles. The quantitative estimate of drug-likeness (QED) is 0.604. The van der Waals surface area contributed by atoms with Gasteiger partial charge < -0.3 is 9.88 Å². The Kier molecular flexibility index (Phi) is 6.23. The highest BCUT2D eigenvalue weighted by Crippen LogP contribution is 2.38. The topological polar surface area (TPSA) is 64.2 Å². The lowest BCUT2D eigenvalue weighted by Gasteiger charge is -2.39. The van der Waals surface area contributed by atoms with E-state index in [9.17, 15) is 4.79 Å². The van der Waals surface area contributed by atoms with Crippen LogP contribution in [-0.4, -0.2) is 37.1 Å². The maximum absolute atomic E-state index is 13.2. The van der Waals surface area contributed by atoms with E-state index in [0.29, 0.717) is 6.42 Å². The number of rotatable bonds is 8. The first kappa shape index (κ1) is 20.0. The van der Waals surface area contributed by atoms with Gasteiger partial charge in [0.1, 0.15) is 0 Å². The minimum Gasteiger partial charge on any atom is -0.348 e. The molecular weight excluding hydrogens is 382 g/mol. The van der Waals surface area contributed by atoms with Gasteiger partial charge in [0.05, 0.1) is 18.0 Å². The van der Waals surface area contributed by atoms with E-state index in [-0.39, 0.29) is 17.5 Å². The first-order valence-corrected chi connectivity index (χ1v) is 11.8. The molecule has 0 unspecified atom stereocenters. The van der Waals surface area contributed by atoms with Gasteiger partial charge in [0.25, 0.3) is 0 Å². The molecule has 1 amide bonds. The summed E-state index contributed by atoms with van der Waals surface area (Å²) in [5.41, 5.74) is 0.699. The fraction of sp³-hybridized carbons (Fsp3) is 0.500. The Morgan fingerprint density at radius 3 is 2.66 bits per heavy atom. The monoisotopic (exact) mass is 411 g/mol. The van der Waals surface area contributed by atoms with Crippen LogP contribution in [-0.2, 0) is 10.3 Å². The number of amides is 1. The number of thioether (sulfide) groups is 1. The summed E-state index contributed by atoms with van der Waals surface area (Å²) in [6.45, 7) is 0. The summed E-state index contributed by atoms with van der Waals surface area (Å²) < 4.78 is 4.24. The van der Waals surface area contributed by atoms with Crippen molar-refractivity contribution >= 4 is 23.3 Å². The highest BCUT2D eigenvalue weighted by Gasteiger charge is 2.36. The van der Waals surface area contributed by atoms with Crippen molar-refractivity contribution in [2.45, 2.75) is 56.5 Å². The predicted molar refractivity (Wildman–Crippen MR) is 117 cm³/mol. The molecule has 29 heavy (non-hydrogen) atoms. The maximum Gasteiger partial charge on any atom is 0.222 e. The molecule has 1 aliphatic carbocycles. The van der Waals surface area contributed by atoms with Crippen LogP contribution in [0.25, 0.3) is 5.65 Å². The summed E-state index contributed by atoms with van der Waals surface area (Å²) >= 11 is 1.78. The van der Waals surface area contributed by atoms with Crippen LogP contribution in [0.4, 0.5) is 0 Å². The van der Waals surface area contributed by atoms with Gasteiger partial charge in [-0.05, 0) is 55.5 Å². The highest BCUT2D eigenvalue weighted by atomic mass is 32.2. The Morgan fingerprint density at radius 2 is 1.90 bits per heavy atom. The average molecular weight is 412 g/mol. The summed E-state index contributed by atoms with van der Waals surface area (Å²) in [5.74, 6) is 1.86. The lowest BCUT2D eigenvalue weighted by molar-refractivity contribution is -0.124. The molecule has 1 aliphatic rings. The fourth-order valence-corrected chi connectivity index (χ4v) is 5.00. The van der Waals surface area contributed by atoms with Crippen LogP contribution >= 0.6 is 11.8 Å². The second-order valence-electron chi connectivity index (χ2n) is 7.94. The van der Waals surface area contributed by atoms with Crippen molar-refractivity contribution in [1.82, 2.24) is 24.5 Å². The summed E-state index contributed by atoms with van der Waals surface area (Å²) in [6.07, 6.45) is 15.3. The van der Waals surface area contributed by atoms with Crippen molar-refractivity contribution in [3.8, 4) is 0 Å². The smallest absolute Gasteiger partial charge is 0.222 e. The summed E-state index contributed by atoms with van der Waals surface area (Å²) in [7, 11) is 0. The van der Waals surface area contributed by atoms with Gasteiger partial charge in [-0.1, -0.05) is 25.3 Å². The lowest BCUT2D eigenvalue weighted by atomic mass is 9.78. The molecule has 3 heterocycles. The third-order valence-electron chi connectivity index (χ3n) is 6.02. The van der Waals surface area contributed by atoms with Crippen molar-refractivity contribution in [3.63, 3.8) is 0 Å². The Hall–Kier alpha value is -2.28. The van der Waals surface area contributed by atoms with E-state index in [1.165, 1.54) is 19.3 Å². The Morgan fingerprint density at radius 1 is 1.14 bits per heavy atom. The molecule has 7 heteroatoms. The summed E-state index contributed by atoms with van der Waals surface area (Å²) in [4.78, 5) is 13.2. The van der Waals surface area contributed by atoms with Crippen molar-refractivity contribution in [2.75, 3.05) is 12.0 Å². The zero-order valence-electron chi connectivity index (χ0n) is 17.0. The van der Waals surface area contributed by atoms with Crippen LogP contribution in [0, 0.1) is 0 Å². The highest BCUT2D eigenvalue weighted by molar-refractivity contribution is 7.98. The molecular formula is C22H29N5OS. The number of nitrogens with one attached hydrogen (secondary N) is 1. The normalized spacial score (nSPS) is 17.3. The molecule has 0 aliphatic heterocycles. The number of carbonyl (C=O) groups is 1. The van der Waals surface area contributed by atoms with Crippen LogP contribution in [0.15, 0.2) is 48.9 Å². The van der Waals surface area contributed by atoms with Gasteiger partial charge in [-0.3, -0.25) is 9.20 Å². The van der Waals surface area contributed by atoms with Gasteiger partial charge in [0, 0.05) is 18.6 Å². The summed E-state index contributed by atoms with van der Waals surface area (Å²) in [5, 5.41) is 12.0. The van der Waals surface area contributed by atoms with Crippen LogP contribution in [0.2, 0.25) is 0 Å². The maximum atomic E-state index is 13.2. The molecule has 1 N–H and O–H groups in total. The molecule has 1 atom stereocenters. The van der Waals surface area contributed by atoms with Gasteiger partial charge in [-0.25, -0.2) is 0 Å². The summed E-state index contributed by atoms with van der Waals surface area (Å²) in [6, 6.07) is 9.82. The SMILES string of the molecule is CSCC[C@H](NC(=O)CC1(n2cccc2)CCCCC1)c1nnc2ccccn12. The van der Waals surface area contributed by atoms with E-state index in [4.69, 9.17) is 0 Å². The van der Waals surface area contributed by atoms with Crippen molar-refractivity contribution in [2.24, 2.45) is 0 Å². The Balaban J connectivity index is 1.54. The molecule has 0 saturated heterocycles. The first-order valence-electron chi connectivity index (χ1n) is 10.4. The van der Waals surface area contributed by atoms with E-state index >= 15 is 0 Å². The van der Waals surface area contributed by atoms with E-state index < -0.39 is 0 Å². The molecule has 0 radical (unpaired) electrons. The van der Waals surface area contributed by atoms with Gasteiger partial charge in [0.15, 0.2) is 11.5 Å². The zero-order chi connectivity index (χ0) is 20.1. The number of fused-ring (bicyclic) bond motifs is 1. The van der Waals surface area contributed by atoms with Crippen LogP contribution in [0.3, 0.4) is 0 Å². The van der Waals surface area contributed by atoms with E-state index in [2.05, 4.69) is 50.9 Å². The second kappa shape index (κ2) is 9.03. The fourth-order valence-electron chi connectivity index (χ4n) is 4.53. The molecule has 1 fully saturated rings. The minimum absolute atomic E-state index is 0.0967. The first-order chi connectivity index (χ1) is 14.2. The van der Waals surface area contributed by atoms with Crippen LogP contribution < -0.4 is 5.32 Å². The predicted octanol–water partition coefficient (Wildman–Crippen LogP) is 4.19. The molecule has 6 nitrogen and oxygen atoms in total. The van der Waals surface area contributed by atoms with E-state index in [1.54, 1.807) is 11.8 Å². The van der Waals surface area contributed by atoms with Crippen LogP contribution in [0.1, 0.15) is 56.8 Å². The molecule has 1 saturated carbocycles. The molecule has 154 valence electrons. The molecule has 3 aromatic rings. The third kappa shape index (κ3) is 4.34. The average Bonchev–Trinajstić information content (AvgIpc) is 3.42. The van der Waals surface area contributed by atoms with Crippen molar-refractivity contribution < 1.29 is 4.79 Å². The van der Waals surface area contributed by atoms with Gasteiger partial charge >= 0.3 is 0 Å². The van der Waals surface area contributed by atoms with Gasteiger partial charge in [0.2, 0.25) is 5.91 Å². The second-order valence-corrected chi connectivity index (χ2v) is 8.93. The standard InChI is InChI=1S/C22H29N5OS/c1-29-16-10-18(21-25-24-19-9-3-6-15-27(19)21)23-20(28)17-22(11-4-2-5-12-22)26-13-7-8-14-26/h3,6-9,13-15,18H,2,4-5,10-12,16-17H2,1H3,(H,23,28)/t18-/m0/s1. The van der Waals surface area contributed by atoms with Gasteiger partial charge in [-0.15, -0.1) is 10.2 Å².